The normalized spacial score (nSPS) is 22.7. The lowest BCUT2D eigenvalue weighted by Gasteiger charge is -2.16. The standard InChI is InChI=1S/C17H18Cl2N2O4/c18-13-4-3-10(5-14(13)19)16(23)20-6-15(22)21-7-11(9-1-2-9)12(8-21)17(24)25/h3-5,9,11-12H,1-2,6-8H2,(H,20,23)(H,24,25)/t11-,12+/m1/s1. The summed E-state index contributed by atoms with van der Waals surface area (Å²) in [6.45, 7) is 0.476. The van der Waals surface area contributed by atoms with Crippen LogP contribution in [0, 0.1) is 17.8 Å². The lowest BCUT2D eigenvalue weighted by atomic mass is 9.92. The topological polar surface area (TPSA) is 86.7 Å². The third-order valence-corrected chi connectivity index (χ3v) is 5.58. The first-order valence-electron chi connectivity index (χ1n) is 8.10. The number of benzene rings is 1. The van der Waals surface area contributed by atoms with Crippen LogP contribution in [0.4, 0.5) is 0 Å². The van der Waals surface area contributed by atoms with Gasteiger partial charge in [0.15, 0.2) is 0 Å². The van der Waals surface area contributed by atoms with Crippen molar-refractivity contribution in [3.8, 4) is 0 Å². The minimum absolute atomic E-state index is 0.0206. The minimum Gasteiger partial charge on any atom is -0.481 e. The molecule has 1 heterocycles. The molecule has 0 bridgehead atoms. The van der Waals surface area contributed by atoms with E-state index in [1.54, 1.807) is 0 Å². The van der Waals surface area contributed by atoms with Crippen molar-refractivity contribution >= 4 is 41.0 Å². The van der Waals surface area contributed by atoms with E-state index in [-0.39, 0.29) is 29.9 Å². The summed E-state index contributed by atoms with van der Waals surface area (Å²) in [5.74, 6) is -1.64. The quantitative estimate of drug-likeness (QED) is 0.815. The fraction of sp³-hybridized carbons (Fsp3) is 0.471. The van der Waals surface area contributed by atoms with E-state index < -0.39 is 17.8 Å². The van der Waals surface area contributed by atoms with Gasteiger partial charge in [0.25, 0.3) is 5.91 Å². The van der Waals surface area contributed by atoms with Gasteiger partial charge in [0.05, 0.1) is 22.5 Å². The summed E-state index contributed by atoms with van der Waals surface area (Å²) < 4.78 is 0. The highest BCUT2D eigenvalue weighted by Gasteiger charge is 2.46. The molecular formula is C17H18Cl2N2O4. The highest BCUT2D eigenvalue weighted by Crippen LogP contribution is 2.44. The Morgan fingerprint density at radius 3 is 2.48 bits per heavy atom. The molecule has 0 radical (unpaired) electrons. The predicted molar refractivity (Wildman–Crippen MR) is 92.7 cm³/mol. The van der Waals surface area contributed by atoms with Gasteiger partial charge in [-0.15, -0.1) is 0 Å². The van der Waals surface area contributed by atoms with Gasteiger partial charge in [-0.3, -0.25) is 14.4 Å². The molecular weight excluding hydrogens is 367 g/mol. The zero-order valence-electron chi connectivity index (χ0n) is 13.4. The van der Waals surface area contributed by atoms with Crippen molar-refractivity contribution in [2.75, 3.05) is 19.6 Å². The molecule has 2 atom stereocenters. The average molecular weight is 385 g/mol. The summed E-state index contributed by atoms with van der Waals surface area (Å²) in [5.41, 5.74) is 0.308. The number of carboxylic acid groups (broad SMARTS) is 1. The third-order valence-electron chi connectivity index (χ3n) is 4.84. The maximum atomic E-state index is 12.3. The van der Waals surface area contributed by atoms with Gasteiger partial charge in [0.1, 0.15) is 0 Å². The van der Waals surface area contributed by atoms with Gasteiger partial charge in [0.2, 0.25) is 5.91 Å². The van der Waals surface area contributed by atoms with E-state index in [4.69, 9.17) is 23.2 Å². The molecule has 3 rings (SSSR count). The second-order valence-electron chi connectivity index (χ2n) is 6.56. The predicted octanol–water partition coefficient (Wildman–Crippen LogP) is 2.29. The van der Waals surface area contributed by atoms with Crippen LogP contribution < -0.4 is 5.32 Å². The second kappa shape index (κ2) is 7.22. The van der Waals surface area contributed by atoms with Crippen molar-refractivity contribution in [2.24, 2.45) is 17.8 Å². The number of aliphatic carboxylic acids is 1. The summed E-state index contributed by atoms with van der Waals surface area (Å²) >= 11 is 11.7. The number of hydrogen-bond acceptors (Lipinski definition) is 3. The number of hydrogen-bond donors (Lipinski definition) is 2. The van der Waals surface area contributed by atoms with Crippen LogP contribution in [0.1, 0.15) is 23.2 Å². The van der Waals surface area contributed by atoms with Crippen LogP contribution in [0.25, 0.3) is 0 Å². The minimum atomic E-state index is -0.855. The van der Waals surface area contributed by atoms with Crippen LogP contribution in [0.5, 0.6) is 0 Å². The average Bonchev–Trinajstić information content (AvgIpc) is 3.32. The van der Waals surface area contributed by atoms with Gasteiger partial charge in [-0.1, -0.05) is 23.2 Å². The molecule has 134 valence electrons. The zero-order chi connectivity index (χ0) is 18.1. The number of amides is 2. The van der Waals surface area contributed by atoms with Crippen LogP contribution in [0.2, 0.25) is 10.0 Å². The second-order valence-corrected chi connectivity index (χ2v) is 7.37. The fourth-order valence-corrected chi connectivity index (χ4v) is 3.60. The number of nitrogens with one attached hydrogen (secondary N) is 1. The van der Waals surface area contributed by atoms with Gasteiger partial charge in [-0.2, -0.15) is 0 Å². The van der Waals surface area contributed by atoms with Crippen molar-refractivity contribution < 1.29 is 19.5 Å². The molecule has 2 fully saturated rings. The van der Waals surface area contributed by atoms with Gasteiger partial charge < -0.3 is 15.3 Å². The molecule has 1 aromatic carbocycles. The Labute approximate surface area is 155 Å². The van der Waals surface area contributed by atoms with E-state index in [0.29, 0.717) is 23.0 Å². The molecule has 1 aromatic rings. The van der Waals surface area contributed by atoms with Crippen LogP contribution in [0.15, 0.2) is 18.2 Å². The molecule has 25 heavy (non-hydrogen) atoms. The fourth-order valence-electron chi connectivity index (χ4n) is 3.30. The molecule has 2 N–H and O–H groups in total. The largest absolute Gasteiger partial charge is 0.481 e. The molecule has 1 saturated heterocycles. The Bertz CT molecular complexity index is 721. The summed E-state index contributed by atoms with van der Waals surface area (Å²) in [5, 5.41) is 12.5. The Balaban J connectivity index is 1.56. The molecule has 2 amide bonds. The smallest absolute Gasteiger partial charge is 0.308 e. The van der Waals surface area contributed by atoms with E-state index in [2.05, 4.69) is 5.32 Å². The molecule has 8 heteroatoms. The summed E-state index contributed by atoms with van der Waals surface area (Å²) in [6.07, 6.45) is 2.06. The SMILES string of the molecule is O=C(NCC(=O)N1C[C@H](C(=O)O)[C@@H](C2CC2)C1)c1ccc(Cl)c(Cl)c1. The van der Waals surface area contributed by atoms with E-state index in [9.17, 15) is 19.5 Å². The molecule has 0 aromatic heterocycles. The van der Waals surface area contributed by atoms with Crippen LogP contribution in [0.3, 0.4) is 0 Å². The first-order chi connectivity index (χ1) is 11.9. The van der Waals surface area contributed by atoms with Crippen molar-refractivity contribution in [3.63, 3.8) is 0 Å². The van der Waals surface area contributed by atoms with Crippen molar-refractivity contribution in [2.45, 2.75) is 12.8 Å². The monoisotopic (exact) mass is 384 g/mol. The lowest BCUT2D eigenvalue weighted by Crippen LogP contribution is -2.39. The maximum Gasteiger partial charge on any atom is 0.308 e. The molecule has 1 saturated carbocycles. The molecule has 1 aliphatic heterocycles. The van der Waals surface area contributed by atoms with Crippen LogP contribution in [-0.2, 0) is 9.59 Å². The van der Waals surface area contributed by atoms with Crippen LogP contribution >= 0.6 is 23.2 Å². The summed E-state index contributed by atoms with van der Waals surface area (Å²) in [7, 11) is 0. The maximum absolute atomic E-state index is 12.3. The lowest BCUT2D eigenvalue weighted by molar-refractivity contribution is -0.142. The zero-order valence-corrected chi connectivity index (χ0v) is 14.9. The van der Waals surface area contributed by atoms with Crippen molar-refractivity contribution in [1.82, 2.24) is 10.2 Å². The Hall–Kier alpha value is -1.79. The van der Waals surface area contributed by atoms with E-state index in [1.165, 1.54) is 23.1 Å². The van der Waals surface area contributed by atoms with Gasteiger partial charge in [-0.05, 0) is 42.9 Å². The highest BCUT2D eigenvalue weighted by molar-refractivity contribution is 6.42. The Morgan fingerprint density at radius 2 is 1.88 bits per heavy atom. The van der Waals surface area contributed by atoms with E-state index in [0.717, 1.165) is 12.8 Å². The number of carbonyl (C=O) groups excluding carboxylic acids is 2. The number of likely N-dealkylation sites (tertiary alicyclic amines) is 1. The van der Waals surface area contributed by atoms with E-state index >= 15 is 0 Å². The molecule has 0 unspecified atom stereocenters. The first-order valence-corrected chi connectivity index (χ1v) is 8.86. The number of carbonyl (C=O) groups is 3. The van der Waals surface area contributed by atoms with Gasteiger partial charge in [0, 0.05) is 18.7 Å². The third kappa shape index (κ3) is 4.07. The number of rotatable bonds is 5. The molecule has 2 aliphatic rings. The molecule has 0 spiro atoms. The van der Waals surface area contributed by atoms with Crippen molar-refractivity contribution in [3.05, 3.63) is 33.8 Å². The van der Waals surface area contributed by atoms with Gasteiger partial charge >= 0.3 is 5.97 Å². The van der Waals surface area contributed by atoms with Crippen molar-refractivity contribution in [1.29, 1.82) is 0 Å². The molecule has 1 aliphatic carbocycles. The van der Waals surface area contributed by atoms with Crippen LogP contribution in [-0.4, -0.2) is 47.4 Å². The number of carboxylic acids is 1. The Kier molecular flexibility index (Phi) is 5.20. The summed E-state index contributed by atoms with van der Waals surface area (Å²) in [6, 6.07) is 4.47. The number of halogens is 2. The van der Waals surface area contributed by atoms with Gasteiger partial charge in [-0.25, -0.2) is 0 Å². The summed E-state index contributed by atoms with van der Waals surface area (Å²) in [4.78, 5) is 37.4. The highest BCUT2D eigenvalue weighted by atomic mass is 35.5. The molecule has 6 nitrogen and oxygen atoms in total. The Morgan fingerprint density at radius 1 is 1.16 bits per heavy atom. The number of nitrogens with zero attached hydrogens (tertiary/aromatic N) is 1. The van der Waals surface area contributed by atoms with E-state index in [1.807, 2.05) is 0 Å². The first kappa shape index (κ1) is 18.0.